The fourth-order valence-electron chi connectivity index (χ4n) is 1.39. The van der Waals surface area contributed by atoms with Crippen molar-refractivity contribution in [2.24, 2.45) is 0 Å². The first-order chi connectivity index (χ1) is 7.65. The van der Waals surface area contributed by atoms with E-state index in [1.165, 1.54) is 6.33 Å². The van der Waals surface area contributed by atoms with Gasteiger partial charge in [-0.3, -0.25) is 4.79 Å². The Hall–Kier alpha value is -1.65. The maximum atomic E-state index is 11.4. The second kappa shape index (κ2) is 6.05. The minimum absolute atomic E-state index is 0.0525. The van der Waals surface area contributed by atoms with E-state index in [2.05, 4.69) is 16.9 Å². The van der Waals surface area contributed by atoms with Crippen LogP contribution in [0.2, 0.25) is 0 Å². The summed E-state index contributed by atoms with van der Waals surface area (Å²) in [5.74, 6) is 0.495. The molecule has 0 fully saturated rings. The number of unbranched alkanes of at least 4 members (excludes halogenated alkanes) is 1. The van der Waals surface area contributed by atoms with Gasteiger partial charge in [-0.15, -0.1) is 0 Å². The van der Waals surface area contributed by atoms with Crippen molar-refractivity contribution in [3.05, 3.63) is 18.1 Å². The van der Waals surface area contributed by atoms with E-state index in [0.717, 1.165) is 24.9 Å². The first-order valence-corrected chi connectivity index (χ1v) is 5.45. The van der Waals surface area contributed by atoms with Gasteiger partial charge in [0.25, 0.3) is 0 Å². The van der Waals surface area contributed by atoms with Gasteiger partial charge >= 0.3 is 0 Å². The molecule has 1 aromatic rings. The van der Waals surface area contributed by atoms with Gasteiger partial charge in [0.1, 0.15) is 12.1 Å². The number of carbonyl (C=O) groups excluding carboxylic acids is 1. The summed E-state index contributed by atoms with van der Waals surface area (Å²) in [6.07, 6.45) is 5.12. The molecule has 0 unspecified atom stereocenters. The predicted octanol–water partition coefficient (Wildman–Crippen LogP) is 1.21. The van der Waals surface area contributed by atoms with Gasteiger partial charge in [-0.1, -0.05) is 13.3 Å². The first-order valence-electron chi connectivity index (χ1n) is 5.45. The average molecular weight is 222 g/mol. The highest BCUT2D eigenvalue weighted by molar-refractivity contribution is 5.73. The number of anilines is 1. The third-order valence-electron chi connectivity index (χ3n) is 2.41. The fraction of sp³-hybridized carbons (Fsp3) is 0.545. The maximum Gasteiger partial charge on any atom is 0.219 e. The van der Waals surface area contributed by atoms with Crippen molar-refractivity contribution in [2.75, 3.05) is 12.3 Å². The second-order valence-corrected chi connectivity index (χ2v) is 3.73. The van der Waals surface area contributed by atoms with Crippen LogP contribution in [0.3, 0.4) is 0 Å². The van der Waals surface area contributed by atoms with Crippen LogP contribution in [0.15, 0.2) is 12.5 Å². The monoisotopic (exact) mass is 222 g/mol. The summed E-state index contributed by atoms with van der Waals surface area (Å²) < 4.78 is 0. The van der Waals surface area contributed by atoms with Crippen molar-refractivity contribution < 1.29 is 4.79 Å². The SMILES string of the molecule is CCCCN(Cc1cncnc1N)C(C)=O. The third-order valence-corrected chi connectivity index (χ3v) is 2.41. The summed E-state index contributed by atoms with van der Waals surface area (Å²) in [5.41, 5.74) is 6.51. The lowest BCUT2D eigenvalue weighted by atomic mass is 10.2. The van der Waals surface area contributed by atoms with Crippen LogP contribution in [0.25, 0.3) is 0 Å². The van der Waals surface area contributed by atoms with E-state index in [-0.39, 0.29) is 5.91 Å². The molecule has 1 aromatic heterocycles. The van der Waals surface area contributed by atoms with Gasteiger partial charge in [0.2, 0.25) is 5.91 Å². The van der Waals surface area contributed by atoms with Gasteiger partial charge in [-0.05, 0) is 6.42 Å². The molecule has 0 spiro atoms. The zero-order valence-corrected chi connectivity index (χ0v) is 9.81. The molecule has 5 nitrogen and oxygen atoms in total. The first kappa shape index (κ1) is 12.4. The highest BCUT2D eigenvalue weighted by Crippen LogP contribution is 2.10. The Labute approximate surface area is 95.7 Å². The van der Waals surface area contributed by atoms with Crippen molar-refractivity contribution in [1.82, 2.24) is 14.9 Å². The summed E-state index contributed by atoms with van der Waals surface area (Å²) in [4.78, 5) is 21.0. The van der Waals surface area contributed by atoms with Gasteiger partial charge in [0.05, 0.1) is 6.54 Å². The maximum absolute atomic E-state index is 11.4. The van der Waals surface area contributed by atoms with E-state index in [1.54, 1.807) is 18.0 Å². The smallest absolute Gasteiger partial charge is 0.219 e. The Morgan fingerprint density at radius 1 is 1.56 bits per heavy atom. The normalized spacial score (nSPS) is 10.1. The number of nitrogens with zero attached hydrogens (tertiary/aromatic N) is 3. The Bertz CT molecular complexity index is 354. The van der Waals surface area contributed by atoms with E-state index in [9.17, 15) is 4.79 Å². The minimum Gasteiger partial charge on any atom is -0.383 e. The number of aromatic nitrogens is 2. The molecular weight excluding hydrogens is 204 g/mol. The quantitative estimate of drug-likeness (QED) is 0.812. The highest BCUT2D eigenvalue weighted by atomic mass is 16.2. The van der Waals surface area contributed by atoms with Crippen LogP contribution < -0.4 is 5.73 Å². The largest absolute Gasteiger partial charge is 0.383 e. The summed E-state index contributed by atoms with van der Waals surface area (Å²) in [6, 6.07) is 0. The molecule has 0 aliphatic carbocycles. The van der Waals surface area contributed by atoms with Crippen LogP contribution in [0.1, 0.15) is 32.3 Å². The molecule has 1 heterocycles. The number of hydrogen-bond acceptors (Lipinski definition) is 4. The predicted molar refractivity (Wildman–Crippen MR) is 62.4 cm³/mol. The molecule has 0 radical (unpaired) electrons. The van der Waals surface area contributed by atoms with E-state index in [0.29, 0.717) is 12.4 Å². The molecule has 88 valence electrons. The summed E-state index contributed by atoms with van der Waals surface area (Å²) >= 11 is 0. The molecule has 0 bridgehead atoms. The standard InChI is InChI=1S/C11H18N4O/c1-3-4-5-15(9(2)16)7-10-6-13-8-14-11(10)12/h6,8H,3-5,7H2,1-2H3,(H2,12,13,14). The Morgan fingerprint density at radius 3 is 2.88 bits per heavy atom. The van der Waals surface area contributed by atoms with E-state index in [4.69, 9.17) is 5.73 Å². The van der Waals surface area contributed by atoms with Crippen LogP contribution in [0.5, 0.6) is 0 Å². The van der Waals surface area contributed by atoms with Crippen molar-refractivity contribution in [2.45, 2.75) is 33.2 Å². The van der Waals surface area contributed by atoms with Crippen LogP contribution >= 0.6 is 0 Å². The lowest BCUT2D eigenvalue weighted by molar-refractivity contribution is -0.129. The lowest BCUT2D eigenvalue weighted by Crippen LogP contribution is -2.29. The Balaban J connectivity index is 2.68. The molecule has 0 atom stereocenters. The van der Waals surface area contributed by atoms with Crippen LogP contribution in [0, 0.1) is 0 Å². The number of carbonyl (C=O) groups is 1. The Morgan fingerprint density at radius 2 is 2.31 bits per heavy atom. The van der Waals surface area contributed by atoms with Gasteiger partial charge in [-0.25, -0.2) is 9.97 Å². The van der Waals surface area contributed by atoms with E-state index in [1.807, 2.05) is 0 Å². The zero-order chi connectivity index (χ0) is 12.0. The minimum atomic E-state index is 0.0525. The molecule has 0 saturated carbocycles. The summed E-state index contributed by atoms with van der Waals surface area (Å²) in [6.45, 7) is 4.90. The number of hydrogen-bond donors (Lipinski definition) is 1. The summed E-state index contributed by atoms with van der Waals surface area (Å²) in [5, 5.41) is 0. The lowest BCUT2D eigenvalue weighted by Gasteiger charge is -2.21. The number of rotatable bonds is 5. The molecule has 0 aliphatic heterocycles. The van der Waals surface area contributed by atoms with Crippen molar-refractivity contribution in [3.8, 4) is 0 Å². The molecule has 2 N–H and O–H groups in total. The molecule has 5 heteroatoms. The number of nitrogens with two attached hydrogens (primary N) is 1. The van der Waals surface area contributed by atoms with Crippen molar-refractivity contribution >= 4 is 11.7 Å². The summed E-state index contributed by atoms with van der Waals surface area (Å²) in [7, 11) is 0. The molecule has 0 aromatic carbocycles. The third kappa shape index (κ3) is 3.49. The molecule has 0 aliphatic rings. The van der Waals surface area contributed by atoms with Crippen LogP contribution in [0.4, 0.5) is 5.82 Å². The molecule has 1 rings (SSSR count). The van der Waals surface area contributed by atoms with E-state index >= 15 is 0 Å². The average Bonchev–Trinajstić information content (AvgIpc) is 2.26. The van der Waals surface area contributed by atoms with Crippen molar-refractivity contribution in [3.63, 3.8) is 0 Å². The topological polar surface area (TPSA) is 72.1 Å². The number of nitrogen functional groups attached to an aromatic ring is 1. The van der Waals surface area contributed by atoms with Gasteiger partial charge in [0, 0.05) is 25.2 Å². The van der Waals surface area contributed by atoms with Gasteiger partial charge in [0.15, 0.2) is 0 Å². The van der Waals surface area contributed by atoms with Crippen LogP contribution in [-0.2, 0) is 11.3 Å². The van der Waals surface area contributed by atoms with E-state index < -0.39 is 0 Å². The van der Waals surface area contributed by atoms with Gasteiger partial charge < -0.3 is 10.6 Å². The fourth-order valence-corrected chi connectivity index (χ4v) is 1.39. The van der Waals surface area contributed by atoms with Gasteiger partial charge in [-0.2, -0.15) is 0 Å². The molecular formula is C11H18N4O. The molecule has 16 heavy (non-hydrogen) atoms. The highest BCUT2D eigenvalue weighted by Gasteiger charge is 2.10. The number of amides is 1. The van der Waals surface area contributed by atoms with Crippen LogP contribution in [-0.4, -0.2) is 27.3 Å². The second-order valence-electron chi connectivity index (χ2n) is 3.73. The molecule has 1 amide bonds. The van der Waals surface area contributed by atoms with Crippen molar-refractivity contribution in [1.29, 1.82) is 0 Å². The molecule has 0 saturated heterocycles. The zero-order valence-electron chi connectivity index (χ0n) is 9.81. The Kier molecular flexibility index (Phi) is 4.69.